The molecule has 0 spiro atoms. The summed E-state index contributed by atoms with van der Waals surface area (Å²) in [6.45, 7) is 7.91. The molecule has 1 fully saturated rings. The van der Waals surface area contributed by atoms with E-state index in [9.17, 15) is 9.59 Å². The van der Waals surface area contributed by atoms with Gasteiger partial charge in [-0.05, 0) is 19.9 Å². The second-order valence-corrected chi connectivity index (χ2v) is 4.17. The van der Waals surface area contributed by atoms with E-state index in [1.54, 1.807) is 13.8 Å². The Morgan fingerprint density at radius 3 is 2.47 bits per heavy atom. The van der Waals surface area contributed by atoms with Gasteiger partial charge in [-0.15, -0.1) is 0 Å². The lowest BCUT2D eigenvalue weighted by Crippen LogP contribution is -2.41. The second-order valence-electron chi connectivity index (χ2n) is 4.17. The van der Waals surface area contributed by atoms with Crippen molar-refractivity contribution in [3.05, 3.63) is 12.7 Å². The van der Waals surface area contributed by atoms with Crippen LogP contribution in [0.4, 0.5) is 0 Å². The van der Waals surface area contributed by atoms with Crippen LogP contribution in [0.2, 0.25) is 0 Å². The Hall–Kier alpha value is -1.40. The van der Waals surface area contributed by atoms with Crippen LogP contribution in [0.1, 0.15) is 20.8 Å². The van der Waals surface area contributed by atoms with Gasteiger partial charge in [0, 0.05) is 6.92 Å². The molecule has 0 bridgehead atoms. The highest BCUT2D eigenvalue weighted by molar-refractivity contribution is 5.74. The average Bonchev–Trinajstić information content (AvgIpc) is 2.50. The lowest BCUT2D eigenvalue weighted by atomic mass is 10.1. The van der Waals surface area contributed by atoms with Gasteiger partial charge in [0.2, 0.25) is 0 Å². The zero-order valence-electron chi connectivity index (χ0n) is 10.0. The molecule has 1 aliphatic heterocycles. The highest BCUT2D eigenvalue weighted by Gasteiger charge is 2.49. The summed E-state index contributed by atoms with van der Waals surface area (Å²) in [5.74, 6) is -2.73. The van der Waals surface area contributed by atoms with Gasteiger partial charge in [-0.1, -0.05) is 6.58 Å². The van der Waals surface area contributed by atoms with Crippen LogP contribution in [0, 0.1) is 0 Å². The third-order valence-corrected chi connectivity index (χ3v) is 2.23. The fraction of sp³-hybridized carbons (Fsp3) is 0.636. The van der Waals surface area contributed by atoms with Crippen molar-refractivity contribution in [1.29, 1.82) is 0 Å². The number of carboxylic acid groups (broad SMARTS) is 1. The lowest BCUT2D eigenvalue weighted by Gasteiger charge is -2.22. The predicted octanol–water partition coefficient (Wildman–Crippen LogP) is 0.709. The number of carboxylic acids is 1. The molecular formula is C11H16O6. The van der Waals surface area contributed by atoms with Crippen molar-refractivity contribution < 1.29 is 28.9 Å². The molecular weight excluding hydrogens is 228 g/mol. The fourth-order valence-electron chi connectivity index (χ4n) is 1.66. The van der Waals surface area contributed by atoms with E-state index in [0.29, 0.717) is 0 Å². The van der Waals surface area contributed by atoms with E-state index in [1.807, 2.05) is 0 Å². The number of esters is 1. The molecule has 0 saturated carbocycles. The van der Waals surface area contributed by atoms with Crippen LogP contribution in [0.3, 0.4) is 0 Å². The highest BCUT2D eigenvalue weighted by atomic mass is 16.8. The largest absolute Gasteiger partial charge is 0.479 e. The summed E-state index contributed by atoms with van der Waals surface area (Å²) in [6.07, 6.45) is -1.61. The zero-order chi connectivity index (χ0) is 13.2. The van der Waals surface area contributed by atoms with Crippen molar-refractivity contribution >= 4 is 11.9 Å². The minimum absolute atomic E-state index is 0.535. The summed E-state index contributed by atoms with van der Waals surface area (Å²) in [6, 6.07) is 0. The summed E-state index contributed by atoms with van der Waals surface area (Å²) in [4.78, 5) is 21.9. The number of hydrogen-bond acceptors (Lipinski definition) is 5. The molecule has 96 valence electrons. The van der Waals surface area contributed by atoms with Gasteiger partial charge in [0.05, 0.1) is 0 Å². The van der Waals surface area contributed by atoms with Gasteiger partial charge in [-0.2, -0.15) is 0 Å². The molecule has 1 N–H and O–H groups in total. The number of hydrogen-bond donors (Lipinski definition) is 1. The number of rotatable bonds is 4. The van der Waals surface area contributed by atoms with Crippen molar-refractivity contribution in [3.8, 4) is 0 Å². The van der Waals surface area contributed by atoms with Crippen molar-refractivity contribution in [1.82, 2.24) is 0 Å². The molecule has 1 heterocycles. The van der Waals surface area contributed by atoms with Gasteiger partial charge in [-0.25, -0.2) is 4.79 Å². The number of carbonyl (C=O) groups excluding carboxylic acids is 1. The Kier molecular flexibility index (Phi) is 3.90. The van der Waals surface area contributed by atoms with Gasteiger partial charge in [0.15, 0.2) is 11.9 Å². The van der Waals surface area contributed by atoms with Gasteiger partial charge in [0.25, 0.3) is 0 Å². The van der Waals surface area contributed by atoms with Gasteiger partial charge >= 0.3 is 11.9 Å². The van der Waals surface area contributed by atoms with Crippen LogP contribution in [-0.4, -0.2) is 41.1 Å². The summed E-state index contributed by atoms with van der Waals surface area (Å²) >= 11 is 0. The van der Waals surface area contributed by atoms with Crippen LogP contribution in [-0.2, 0) is 23.8 Å². The first kappa shape index (κ1) is 13.7. The van der Waals surface area contributed by atoms with E-state index in [-0.39, 0.29) is 0 Å². The quantitative estimate of drug-likeness (QED) is 0.579. The van der Waals surface area contributed by atoms with Crippen molar-refractivity contribution in [3.63, 3.8) is 0 Å². The van der Waals surface area contributed by atoms with Crippen molar-refractivity contribution in [2.24, 2.45) is 0 Å². The molecule has 0 amide bonds. The summed E-state index contributed by atoms with van der Waals surface area (Å²) in [5, 5.41) is 9.01. The van der Waals surface area contributed by atoms with E-state index < -0.39 is 36.0 Å². The second kappa shape index (κ2) is 4.85. The van der Waals surface area contributed by atoms with E-state index >= 15 is 0 Å². The third-order valence-electron chi connectivity index (χ3n) is 2.23. The van der Waals surface area contributed by atoms with Crippen LogP contribution in [0.5, 0.6) is 0 Å². The Labute approximate surface area is 99.2 Å². The SMILES string of the molecule is C=C[C@H](OC(C)=O)[C@H]1OC(C)(C)O[C@@H]1C(=O)O. The molecule has 3 atom stereocenters. The molecule has 0 aromatic heterocycles. The first-order chi connectivity index (χ1) is 7.76. The molecule has 0 aromatic carbocycles. The normalized spacial score (nSPS) is 28.4. The predicted molar refractivity (Wildman–Crippen MR) is 57.2 cm³/mol. The standard InChI is InChI=1S/C11H16O6/c1-5-7(15-6(2)12)8-9(10(13)14)17-11(3,4)16-8/h5,7-9H,1H2,2-4H3,(H,13,14)/t7-,8+,9-/m0/s1. The summed E-state index contributed by atoms with van der Waals surface area (Å²) < 4.78 is 15.6. The first-order valence-corrected chi connectivity index (χ1v) is 5.15. The van der Waals surface area contributed by atoms with Crippen LogP contribution in [0.25, 0.3) is 0 Å². The Bertz CT molecular complexity index is 335. The maximum absolute atomic E-state index is 11.0. The fourth-order valence-corrected chi connectivity index (χ4v) is 1.66. The lowest BCUT2D eigenvalue weighted by molar-refractivity contribution is -0.169. The summed E-state index contributed by atoms with van der Waals surface area (Å²) in [7, 11) is 0. The van der Waals surface area contributed by atoms with Crippen molar-refractivity contribution in [2.45, 2.75) is 44.9 Å². The minimum atomic E-state index is -1.19. The molecule has 0 unspecified atom stereocenters. The maximum atomic E-state index is 11.0. The molecule has 17 heavy (non-hydrogen) atoms. The highest BCUT2D eigenvalue weighted by Crippen LogP contribution is 2.31. The first-order valence-electron chi connectivity index (χ1n) is 5.15. The molecule has 6 nitrogen and oxygen atoms in total. The Morgan fingerprint density at radius 1 is 1.47 bits per heavy atom. The number of carbonyl (C=O) groups is 2. The maximum Gasteiger partial charge on any atom is 0.335 e. The summed E-state index contributed by atoms with van der Waals surface area (Å²) in [5.41, 5.74) is 0. The number of aliphatic carboxylic acids is 1. The topological polar surface area (TPSA) is 82.1 Å². The Morgan fingerprint density at radius 2 is 2.06 bits per heavy atom. The van der Waals surface area contributed by atoms with Gasteiger partial charge in [-0.3, -0.25) is 4.79 Å². The van der Waals surface area contributed by atoms with E-state index in [0.717, 1.165) is 0 Å². The molecule has 6 heteroatoms. The van der Waals surface area contributed by atoms with Gasteiger partial charge < -0.3 is 19.3 Å². The Balaban J connectivity index is 2.88. The van der Waals surface area contributed by atoms with E-state index in [1.165, 1.54) is 13.0 Å². The average molecular weight is 244 g/mol. The zero-order valence-corrected chi connectivity index (χ0v) is 10.0. The van der Waals surface area contributed by atoms with Crippen LogP contribution >= 0.6 is 0 Å². The molecule has 0 aliphatic carbocycles. The van der Waals surface area contributed by atoms with Gasteiger partial charge in [0.1, 0.15) is 12.2 Å². The number of ether oxygens (including phenoxy) is 3. The molecule has 1 aliphatic rings. The molecule has 0 aromatic rings. The van der Waals surface area contributed by atoms with E-state index in [4.69, 9.17) is 19.3 Å². The molecule has 1 saturated heterocycles. The van der Waals surface area contributed by atoms with Crippen LogP contribution < -0.4 is 0 Å². The monoisotopic (exact) mass is 244 g/mol. The molecule has 0 radical (unpaired) electrons. The van der Waals surface area contributed by atoms with E-state index in [2.05, 4.69) is 6.58 Å². The van der Waals surface area contributed by atoms with Crippen molar-refractivity contribution in [2.75, 3.05) is 0 Å². The third kappa shape index (κ3) is 3.28. The molecule has 1 rings (SSSR count). The minimum Gasteiger partial charge on any atom is -0.479 e. The van der Waals surface area contributed by atoms with Crippen LogP contribution in [0.15, 0.2) is 12.7 Å². The smallest absolute Gasteiger partial charge is 0.335 e.